The quantitative estimate of drug-likeness (QED) is 0.774. The van der Waals surface area contributed by atoms with Crippen LogP contribution in [0.5, 0.6) is 0 Å². The fourth-order valence-electron chi connectivity index (χ4n) is 2.10. The smallest absolute Gasteiger partial charge is 0.315 e. The molecule has 2 rings (SSSR count). The van der Waals surface area contributed by atoms with E-state index in [1.165, 1.54) is 4.90 Å². The van der Waals surface area contributed by atoms with E-state index in [0.717, 1.165) is 11.1 Å². The number of amides is 2. The molecule has 1 heterocycles. The van der Waals surface area contributed by atoms with E-state index >= 15 is 0 Å². The molecule has 1 aliphatic rings. The highest BCUT2D eigenvalue weighted by atomic mass is 16.2. The molecule has 2 amide bonds. The van der Waals surface area contributed by atoms with Crippen LogP contribution < -0.4 is 5.73 Å². The third-order valence-electron chi connectivity index (χ3n) is 2.85. The molecule has 1 aliphatic heterocycles. The monoisotopic (exact) mass is 218 g/mol. The number of urea groups is 1. The van der Waals surface area contributed by atoms with Gasteiger partial charge in [-0.15, -0.1) is 0 Å². The van der Waals surface area contributed by atoms with Crippen LogP contribution in [-0.2, 0) is 4.79 Å². The number of rotatable bonds is 1. The van der Waals surface area contributed by atoms with Crippen LogP contribution in [0.3, 0.4) is 0 Å². The summed E-state index contributed by atoms with van der Waals surface area (Å²) in [5.41, 5.74) is 7.35. The number of carbonyl (C=O) groups is 2. The van der Waals surface area contributed by atoms with Crippen molar-refractivity contribution in [3.05, 3.63) is 35.4 Å². The van der Waals surface area contributed by atoms with Gasteiger partial charge in [0.05, 0.1) is 12.6 Å². The predicted molar refractivity (Wildman–Crippen MR) is 59.8 cm³/mol. The molecule has 4 nitrogen and oxygen atoms in total. The van der Waals surface area contributed by atoms with Crippen LogP contribution in [0.4, 0.5) is 4.79 Å². The van der Waals surface area contributed by atoms with Crippen LogP contribution in [0.2, 0.25) is 0 Å². The van der Waals surface area contributed by atoms with Crippen molar-refractivity contribution in [2.24, 2.45) is 5.73 Å². The number of carbonyl (C=O) groups excluding carboxylic acids is 2. The normalized spacial score (nSPS) is 20.2. The Kier molecular flexibility index (Phi) is 2.64. The molecule has 16 heavy (non-hydrogen) atoms. The van der Waals surface area contributed by atoms with E-state index in [1.54, 1.807) is 0 Å². The molecule has 1 fully saturated rings. The molecule has 0 spiro atoms. The van der Waals surface area contributed by atoms with Gasteiger partial charge in [-0.25, -0.2) is 4.79 Å². The summed E-state index contributed by atoms with van der Waals surface area (Å²) in [6.07, 6.45) is 0.367. The summed E-state index contributed by atoms with van der Waals surface area (Å²) in [4.78, 5) is 24.0. The molecule has 0 bridgehead atoms. The first kappa shape index (κ1) is 10.7. The standard InChI is InChI=1S/C12H14N2O2/c1-8-3-2-4-9(5-8)11-6-10(15)7-14(11)12(13)16/h2-5,11H,6-7H2,1H3,(H2,13,16). The van der Waals surface area contributed by atoms with Crippen molar-refractivity contribution in [3.8, 4) is 0 Å². The number of nitrogens with two attached hydrogens (primary N) is 1. The average molecular weight is 218 g/mol. The number of nitrogens with zero attached hydrogens (tertiary/aromatic N) is 1. The zero-order valence-electron chi connectivity index (χ0n) is 9.14. The van der Waals surface area contributed by atoms with Crippen LogP contribution in [0.15, 0.2) is 24.3 Å². The number of primary amides is 1. The summed E-state index contributed by atoms with van der Waals surface area (Å²) in [6, 6.07) is 7.09. The maximum absolute atomic E-state index is 11.4. The molecule has 0 aliphatic carbocycles. The molecule has 2 N–H and O–H groups in total. The van der Waals surface area contributed by atoms with Crippen molar-refractivity contribution in [2.75, 3.05) is 6.54 Å². The molecule has 4 heteroatoms. The first-order valence-corrected chi connectivity index (χ1v) is 5.22. The second-order valence-corrected chi connectivity index (χ2v) is 4.14. The molecule has 84 valence electrons. The van der Waals surface area contributed by atoms with Crippen molar-refractivity contribution >= 4 is 11.8 Å². The van der Waals surface area contributed by atoms with Gasteiger partial charge in [-0.05, 0) is 12.5 Å². The minimum Gasteiger partial charge on any atom is -0.351 e. The Morgan fingerprint density at radius 1 is 1.50 bits per heavy atom. The molecule has 0 saturated carbocycles. The van der Waals surface area contributed by atoms with E-state index in [2.05, 4.69) is 0 Å². The maximum atomic E-state index is 11.4. The molecular formula is C12H14N2O2. The van der Waals surface area contributed by atoms with Gasteiger partial charge in [0.25, 0.3) is 0 Å². The summed E-state index contributed by atoms with van der Waals surface area (Å²) in [6.45, 7) is 2.11. The van der Waals surface area contributed by atoms with Crippen LogP contribution in [0.1, 0.15) is 23.6 Å². The predicted octanol–water partition coefficient (Wildman–Crippen LogP) is 1.39. The Labute approximate surface area is 94.0 Å². The topological polar surface area (TPSA) is 63.4 Å². The van der Waals surface area contributed by atoms with Gasteiger partial charge in [0.15, 0.2) is 5.78 Å². The van der Waals surface area contributed by atoms with E-state index in [-0.39, 0.29) is 18.4 Å². The summed E-state index contributed by atoms with van der Waals surface area (Å²) in [5.74, 6) is 0.0605. The highest BCUT2D eigenvalue weighted by molar-refractivity contribution is 5.89. The molecule has 1 aromatic rings. The number of hydrogen-bond donors (Lipinski definition) is 1. The summed E-state index contributed by atoms with van der Waals surface area (Å²) in [7, 11) is 0. The lowest BCUT2D eigenvalue weighted by Gasteiger charge is -2.22. The summed E-state index contributed by atoms with van der Waals surface area (Å²) in [5, 5.41) is 0. The van der Waals surface area contributed by atoms with Crippen LogP contribution in [-0.4, -0.2) is 23.3 Å². The number of aryl methyl sites for hydroxylation is 1. The fraction of sp³-hybridized carbons (Fsp3) is 0.333. The van der Waals surface area contributed by atoms with Crippen molar-refractivity contribution in [1.29, 1.82) is 0 Å². The highest BCUT2D eigenvalue weighted by Crippen LogP contribution is 2.29. The maximum Gasteiger partial charge on any atom is 0.315 e. The molecule has 0 aromatic heterocycles. The minimum atomic E-state index is -0.530. The largest absolute Gasteiger partial charge is 0.351 e. The molecule has 1 atom stereocenters. The van der Waals surface area contributed by atoms with Gasteiger partial charge in [0, 0.05) is 6.42 Å². The first-order valence-electron chi connectivity index (χ1n) is 5.22. The van der Waals surface area contributed by atoms with E-state index in [0.29, 0.717) is 6.42 Å². The van der Waals surface area contributed by atoms with Crippen molar-refractivity contribution < 1.29 is 9.59 Å². The Hall–Kier alpha value is -1.84. The Bertz CT molecular complexity index is 442. The van der Waals surface area contributed by atoms with Gasteiger partial charge in [0.1, 0.15) is 0 Å². The van der Waals surface area contributed by atoms with E-state index in [1.807, 2.05) is 31.2 Å². The molecule has 0 radical (unpaired) electrons. The van der Waals surface area contributed by atoms with E-state index in [4.69, 9.17) is 5.73 Å². The van der Waals surface area contributed by atoms with E-state index < -0.39 is 6.03 Å². The molecular weight excluding hydrogens is 204 g/mol. The lowest BCUT2D eigenvalue weighted by atomic mass is 10.0. The minimum absolute atomic E-state index is 0.0605. The Balaban J connectivity index is 2.32. The third-order valence-corrected chi connectivity index (χ3v) is 2.85. The average Bonchev–Trinajstić information content (AvgIpc) is 2.60. The van der Waals surface area contributed by atoms with Gasteiger partial charge in [-0.3, -0.25) is 4.79 Å². The van der Waals surface area contributed by atoms with Crippen molar-refractivity contribution in [2.45, 2.75) is 19.4 Å². The number of benzene rings is 1. The first-order chi connectivity index (χ1) is 7.58. The zero-order valence-corrected chi connectivity index (χ0v) is 9.14. The second kappa shape index (κ2) is 3.96. The van der Waals surface area contributed by atoms with Gasteiger partial charge in [-0.1, -0.05) is 29.8 Å². The lowest BCUT2D eigenvalue weighted by molar-refractivity contribution is -0.116. The molecule has 1 aromatic carbocycles. The van der Waals surface area contributed by atoms with Crippen molar-refractivity contribution in [1.82, 2.24) is 4.90 Å². The second-order valence-electron chi connectivity index (χ2n) is 4.14. The lowest BCUT2D eigenvalue weighted by Crippen LogP contribution is -2.35. The SMILES string of the molecule is Cc1cccc(C2CC(=O)CN2C(N)=O)c1. The summed E-state index contributed by atoms with van der Waals surface area (Å²) < 4.78 is 0. The van der Waals surface area contributed by atoms with Gasteiger partial charge in [-0.2, -0.15) is 0 Å². The van der Waals surface area contributed by atoms with Crippen molar-refractivity contribution in [3.63, 3.8) is 0 Å². The van der Waals surface area contributed by atoms with Crippen LogP contribution in [0.25, 0.3) is 0 Å². The number of likely N-dealkylation sites (tertiary alicyclic amines) is 1. The highest BCUT2D eigenvalue weighted by Gasteiger charge is 2.33. The Morgan fingerprint density at radius 3 is 2.88 bits per heavy atom. The third kappa shape index (κ3) is 1.91. The molecule has 1 unspecified atom stereocenters. The van der Waals surface area contributed by atoms with Gasteiger partial charge >= 0.3 is 6.03 Å². The number of hydrogen-bond acceptors (Lipinski definition) is 2. The van der Waals surface area contributed by atoms with E-state index in [9.17, 15) is 9.59 Å². The van der Waals surface area contributed by atoms with Crippen LogP contribution in [0, 0.1) is 6.92 Å². The van der Waals surface area contributed by atoms with Gasteiger partial charge < -0.3 is 10.6 Å². The molecule has 1 saturated heterocycles. The Morgan fingerprint density at radius 2 is 2.25 bits per heavy atom. The fourth-order valence-corrected chi connectivity index (χ4v) is 2.10. The number of ketones is 1. The summed E-state index contributed by atoms with van der Waals surface area (Å²) >= 11 is 0. The zero-order chi connectivity index (χ0) is 11.7. The number of Topliss-reactive ketones (excluding diaryl/α,β-unsaturated/α-hetero) is 1. The van der Waals surface area contributed by atoms with Gasteiger partial charge in [0.2, 0.25) is 0 Å². The van der Waals surface area contributed by atoms with Crippen LogP contribution >= 0.6 is 0 Å².